The van der Waals surface area contributed by atoms with Crippen molar-refractivity contribution < 1.29 is 14.9 Å². The highest BCUT2D eigenvalue weighted by Gasteiger charge is 2.17. The van der Waals surface area contributed by atoms with Crippen LogP contribution in [0.25, 0.3) is 0 Å². The molecule has 1 aromatic rings. The van der Waals surface area contributed by atoms with Gasteiger partial charge in [0.05, 0.1) is 13.2 Å². The molecule has 0 aliphatic carbocycles. The van der Waals surface area contributed by atoms with E-state index in [1.54, 1.807) is 31.4 Å². The molecule has 0 fully saturated rings. The van der Waals surface area contributed by atoms with Crippen LogP contribution in [0.1, 0.15) is 18.1 Å². The number of methoxy groups -OCH3 is 1. The van der Waals surface area contributed by atoms with Crippen LogP contribution in [0.5, 0.6) is 5.75 Å². The summed E-state index contributed by atoms with van der Waals surface area (Å²) in [7, 11) is 1.56. The molecule has 2 atom stereocenters. The Labute approximate surface area is 89.3 Å². The molecule has 0 bridgehead atoms. The van der Waals surface area contributed by atoms with Gasteiger partial charge < -0.3 is 20.7 Å². The molecule has 0 aliphatic rings. The molecule has 84 valence electrons. The molecule has 4 heteroatoms. The van der Waals surface area contributed by atoms with Gasteiger partial charge in [-0.3, -0.25) is 0 Å². The fraction of sp³-hybridized carbons (Fsp3) is 0.455. The second kappa shape index (κ2) is 5.70. The molecule has 0 aliphatic heterocycles. The SMILES string of the molecule is COc1cccc(C(O)C(O)CCN)c1. The van der Waals surface area contributed by atoms with E-state index < -0.39 is 12.2 Å². The van der Waals surface area contributed by atoms with Crippen LogP contribution in [0.3, 0.4) is 0 Å². The van der Waals surface area contributed by atoms with Gasteiger partial charge in [0.1, 0.15) is 11.9 Å². The Hall–Kier alpha value is -1.10. The number of aliphatic hydroxyl groups is 2. The van der Waals surface area contributed by atoms with Crippen LogP contribution < -0.4 is 10.5 Å². The van der Waals surface area contributed by atoms with Crippen molar-refractivity contribution >= 4 is 0 Å². The Morgan fingerprint density at radius 3 is 2.73 bits per heavy atom. The van der Waals surface area contributed by atoms with E-state index in [-0.39, 0.29) is 0 Å². The highest BCUT2D eigenvalue weighted by atomic mass is 16.5. The summed E-state index contributed by atoms with van der Waals surface area (Å²) in [5, 5.41) is 19.3. The molecule has 0 aromatic heterocycles. The Kier molecular flexibility index (Phi) is 4.55. The van der Waals surface area contributed by atoms with Gasteiger partial charge in [-0.05, 0) is 30.7 Å². The number of ether oxygens (including phenoxy) is 1. The van der Waals surface area contributed by atoms with Crippen LogP contribution >= 0.6 is 0 Å². The predicted molar refractivity (Wildman–Crippen MR) is 57.6 cm³/mol. The summed E-state index contributed by atoms with van der Waals surface area (Å²) >= 11 is 0. The molecule has 1 aromatic carbocycles. The summed E-state index contributed by atoms with van der Waals surface area (Å²) in [6, 6.07) is 7.00. The highest BCUT2D eigenvalue weighted by molar-refractivity contribution is 5.30. The summed E-state index contributed by atoms with van der Waals surface area (Å²) in [6.07, 6.45) is -1.37. The standard InChI is InChI=1S/C11H17NO3/c1-15-9-4-2-3-8(7-9)11(14)10(13)5-6-12/h2-4,7,10-11,13-14H,5-6,12H2,1H3. The minimum atomic E-state index is -0.913. The molecule has 4 N–H and O–H groups in total. The van der Waals surface area contributed by atoms with Crippen molar-refractivity contribution in [2.75, 3.05) is 13.7 Å². The van der Waals surface area contributed by atoms with Gasteiger partial charge >= 0.3 is 0 Å². The predicted octanol–water partition coefficient (Wildman–Crippen LogP) is 0.438. The molecule has 0 heterocycles. The molecule has 0 saturated carbocycles. The number of nitrogens with two attached hydrogens (primary N) is 1. The fourth-order valence-electron chi connectivity index (χ4n) is 1.38. The molecule has 15 heavy (non-hydrogen) atoms. The van der Waals surface area contributed by atoms with Crippen LogP contribution in [0.4, 0.5) is 0 Å². The normalized spacial score (nSPS) is 14.7. The van der Waals surface area contributed by atoms with Gasteiger partial charge in [0.2, 0.25) is 0 Å². The van der Waals surface area contributed by atoms with Crippen LogP contribution in [-0.2, 0) is 0 Å². The average molecular weight is 211 g/mol. The minimum Gasteiger partial charge on any atom is -0.497 e. The maximum absolute atomic E-state index is 9.78. The first kappa shape index (κ1) is 12.0. The van der Waals surface area contributed by atoms with Crippen molar-refractivity contribution in [2.24, 2.45) is 5.73 Å². The Bertz CT molecular complexity index is 304. The minimum absolute atomic E-state index is 0.349. The molecule has 4 nitrogen and oxygen atoms in total. The largest absolute Gasteiger partial charge is 0.497 e. The molecule has 2 unspecified atom stereocenters. The van der Waals surface area contributed by atoms with Crippen LogP contribution in [0, 0.1) is 0 Å². The molecule has 0 spiro atoms. The van der Waals surface area contributed by atoms with Gasteiger partial charge in [-0.25, -0.2) is 0 Å². The molecule has 1 rings (SSSR count). The Morgan fingerprint density at radius 1 is 1.40 bits per heavy atom. The molecule has 0 saturated heterocycles. The van der Waals surface area contributed by atoms with Crippen LogP contribution in [-0.4, -0.2) is 30.0 Å². The van der Waals surface area contributed by atoms with Crippen molar-refractivity contribution in [2.45, 2.75) is 18.6 Å². The van der Waals surface area contributed by atoms with Crippen molar-refractivity contribution in [1.82, 2.24) is 0 Å². The maximum Gasteiger partial charge on any atom is 0.119 e. The highest BCUT2D eigenvalue weighted by Crippen LogP contribution is 2.22. The lowest BCUT2D eigenvalue weighted by Gasteiger charge is -2.17. The van der Waals surface area contributed by atoms with Crippen molar-refractivity contribution in [3.63, 3.8) is 0 Å². The zero-order valence-corrected chi connectivity index (χ0v) is 8.76. The van der Waals surface area contributed by atoms with E-state index in [9.17, 15) is 10.2 Å². The second-order valence-electron chi connectivity index (χ2n) is 3.37. The van der Waals surface area contributed by atoms with Crippen molar-refractivity contribution in [1.29, 1.82) is 0 Å². The third kappa shape index (κ3) is 3.20. The zero-order valence-electron chi connectivity index (χ0n) is 8.76. The van der Waals surface area contributed by atoms with E-state index in [0.29, 0.717) is 24.3 Å². The van der Waals surface area contributed by atoms with Gasteiger partial charge in [-0.15, -0.1) is 0 Å². The summed E-state index contributed by atoms with van der Waals surface area (Å²) in [5.41, 5.74) is 5.94. The molecular formula is C11H17NO3. The van der Waals surface area contributed by atoms with Gasteiger partial charge in [0.15, 0.2) is 0 Å². The van der Waals surface area contributed by atoms with Gasteiger partial charge in [-0.1, -0.05) is 12.1 Å². The summed E-state index contributed by atoms with van der Waals surface area (Å²) in [4.78, 5) is 0. The quantitative estimate of drug-likeness (QED) is 0.660. The zero-order chi connectivity index (χ0) is 11.3. The Morgan fingerprint density at radius 2 is 2.13 bits per heavy atom. The monoisotopic (exact) mass is 211 g/mol. The van der Waals surface area contributed by atoms with E-state index >= 15 is 0 Å². The lowest BCUT2D eigenvalue weighted by atomic mass is 10.0. The van der Waals surface area contributed by atoms with Crippen LogP contribution in [0.15, 0.2) is 24.3 Å². The van der Waals surface area contributed by atoms with E-state index in [4.69, 9.17) is 10.5 Å². The first-order valence-electron chi connectivity index (χ1n) is 4.89. The third-order valence-electron chi connectivity index (χ3n) is 2.26. The first-order valence-corrected chi connectivity index (χ1v) is 4.89. The van der Waals surface area contributed by atoms with E-state index in [1.807, 2.05) is 0 Å². The molecule has 0 amide bonds. The number of hydrogen-bond donors (Lipinski definition) is 3. The number of aliphatic hydroxyl groups excluding tert-OH is 2. The summed E-state index contributed by atoms with van der Waals surface area (Å²) in [6.45, 7) is 0.349. The van der Waals surface area contributed by atoms with Crippen LogP contribution in [0.2, 0.25) is 0 Å². The first-order chi connectivity index (χ1) is 7.19. The van der Waals surface area contributed by atoms with Gasteiger partial charge in [-0.2, -0.15) is 0 Å². The van der Waals surface area contributed by atoms with E-state index in [1.165, 1.54) is 0 Å². The maximum atomic E-state index is 9.78. The summed E-state index contributed by atoms with van der Waals surface area (Å²) in [5.74, 6) is 0.659. The van der Waals surface area contributed by atoms with Gasteiger partial charge in [0, 0.05) is 0 Å². The topological polar surface area (TPSA) is 75.7 Å². The smallest absolute Gasteiger partial charge is 0.119 e. The van der Waals surface area contributed by atoms with Gasteiger partial charge in [0.25, 0.3) is 0 Å². The average Bonchev–Trinajstić information content (AvgIpc) is 2.28. The number of hydrogen-bond acceptors (Lipinski definition) is 4. The van der Waals surface area contributed by atoms with E-state index in [0.717, 1.165) is 0 Å². The fourth-order valence-corrected chi connectivity index (χ4v) is 1.38. The molecular weight excluding hydrogens is 194 g/mol. The third-order valence-corrected chi connectivity index (χ3v) is 2.26. The molecule has 0 radical (unpaired) electrons. The second-order valence-corrected chi connectivity index (χ2v) is 3.37. The van der Waals surface area contributed by atoms with E-state index in [2.05, 4.69) is 0 Å². The lowest BCUT2D eigenvalue weighted by Crippen LogP contribution is -2.21. The number of benzene rings is 1. The van der Waals surface area contributed by atoms with Crippen molar-refractivity contribution in [3.05, 3.63) is 29.8 Å². The summed E-state index contributed by atoms with van der Waals surface area (Å²) < 4.78 is 5.03. The Balaban J connectivity index is 2.76. The number of rotatable bonds is 5. The van der Waals surface area contributed by atoms with Crippen molar-refractivity contribution in [3.8, 4) is 5.75 Å². The lowest BCUT2D eigenvalue weighted by molar-refractivity contribution is 0.0149.